The minimum Gasteiger partial charge on any atom is -0.467 e. The molecule has 24 heavy (non-hydrogen) atoms. The van der Waals surface area contributed by atoms with E-state index < -0.39 is 6.04 Å². The second kappa shape index (κ2) is 7.37. The highest BCUT2D eigenvalue weighted by molar-refractivity contribution is 5.88. The first-order chi connectivity index (χ1) is 11.6. The van der Waals surface area contributed by atoms with E-state index in [0.717, 1.165) is 5.56 Å². The number of likely N-dealkylation sites (tertiary alicyclic amines) is 1. The fourth-order valence-corrected chi connectivity index (χ4v) is 4.20. The van der Waals surface area contributed by atoms with Crippen molar-refractivity contribution in [2.45, 2.75) is 69.9 Å². The lowest BCUT2D eigenvalue weighted by molar-refractivity contribution is -0.150. The fraction of sp³-hybridized carbons (Fsp3) is 0.600. The number of hydrogen-bond acceptors (Lipinski definition) is 3. The molecule has 0 N–H and O–H groups in total. The molecule has 1 heterocycles. The SMILES string of the molecule is COC(=O)C1CCC(=O)N1C(C)c1ccc(C2CCCCC2)cc1. The molecule has 0 bridgehead atoms. The number of hydrogen-bond donors (Lipinski definition) is 0. The molecule has 2 aliphatic rings. The van der Waals surface area contributed by atoms with Crippen LogP contribution in [-0.2, 0) is 14.3 Å². The van der Waals surface area contributed by atoms with E-state index in [9.17, 15) is 9.59 Å². The van der Waals surface area contributed by atoms with Gasteiger partial charge in [0, 0.05) is 6.42 Å². The van der Waals surface area contributed by atoms with Crippen molar-refractivity contribution in [3.8, 4) is 0 Å². The van der Waals surface area contributed by atoms with Crippen molar-refractivity contribution in [2.24, 2.45) is 0 Å². The van der Waals surface area contributed by atoms with Gasteiger partial charge in [0.2, 0.25) is 5.91 Å². The van der Waals surface area contributed by atoms with Crippen molar-refractivity contribution in [3.63, 3.8) is 0 Å². The van der Waals surface area contributed by atoms with Gasteiger partial charge in [0.15, 0.2) is 0 Å². The van der Waals surface area contributed by atoms with E-state index in [4.69, 9.17) is 4.74 Å². The van der Waals surface area contributed by atoms with Gasteiger partial charge in [0.05, 0.1) is 13.2 Å². The summed E-state index contributed by atoms with van der Waals surface area (Å²) < 4.78 is 4.86. The Kier molecular flexibility index (Phi) is 5.22. The van der Waals surface area contributed by atoms with Gasteiger partial charge < -0.3 is 9.64 Å². The van der Waals surface area contributed by atoms with Gasteiger partial charge in [-0.15, -0.1) is 0 Å². The van der Waals surface area contributed by atoms with Gasteiger partial charge in [0.25, 0.3) is 0 Å². The van der Waals surface area contributed by atoms with Crippen molar-refractivity contribution in [1.82, 2.24) is 4.90 Å². The van der Waals surface area contributed by atoms with Crippen molar-refractivity contribution >= 4 is 11.9 Å². The average Bonchev–Trinajstić information content (AvgIpc) is 3.03. The van der Waals surface area contributed by atoms with Gasteiger partial charge in [0.1, 0.15) is 6.04 Å². The van der Waals surface area contributed by atoms with Crippen molar-refractivity contribution < 1.29 is 14.3 Å². The zero-order valence-electron chi connectivity index (χ0n) is 14.7. The summed E-state index contributed by atoms with van der Waals surface area (Å²) in [7, 11) is 1.38. The molecule has 1 amide bonds. The molecule has 1 saturated carbocycles. The molecule has 2 atom stereocenters. The lowest BCUT2D eigenvalue weighted by atomic mass is 9.83. The summed E-state index contributed by atoms with van der Waals surface area (Å²) in [6.07, 6.45) is 7.55. The number of rotatable bonds is 4. The van der Waals surface area contributed by atoms with Crippen LogP contribution >= 0.6 is 0 Å². The highest BCUT2D eigenvalue weighted by atomic mass is 16.5. The Labute approximate surface area is 144 Å². The van der Waals surface area contributed by atoms with Crippen LogP contribution in [0.2, 0.25) is 0 Å². The lowest BCUT2D eigenvalue weighted by Gasteiger charge is -2.30. The summed E-state index contributed by atoms with van der Waals surface area (Å²) >= 11 is 0. The van der Waals surface area contributed by atoms with Crippen LogP contribution < -0.4 is 0 Å². The number of carbonyl (C=O) groups is 2. The van der Waals surface area contributed by atoms with Crippen LogP contribution in [0.25, 0.3) is 0 Å². The van der Waals surface area contributed by atoms with E-state index in [0.29, 0.717) is 18.8 Å². The minimum absolute atomic E-state index is 0.0363. The molecule has 1 aliphatic carbocycles. The maximum atomic E-state index is 12.3. The number of esters is 1. The molecule has 2 fully saturated rings. The Balaban J connectivity index is 1.75. The van der Waals surface area contributed by atoms with Gasteiger partial charge in [-0.25, -0.2) is 4.79 Å². The molecule has 1 aromatic rings. The van der Waals surface area contributed by atoms with Gasteiger partial charge in [-0.3, -0.25) is 4.79 Å². The molecular weight excluding hydrogens is 302 g/mol. The first-order valence-electron chi connectivity index (χ1n) is 9.10. The van der Waals surface area contributed by atoms with Crippen LogP contribution in [0, 0.1) is 0 Å². The molecule has 1 aliphatic heterocycles. The maximum Gasteiger partial charge on any atom is 0.328 e. The quantitative estimate of drug-likeness (QED) is 0.786. The molecule has 2 unspecified atom stereocenters. The zero-order valence-corrected chi connectivity index (χ0v) is 14.7. The summed E-state index contributed by atoms with van der Waals surface area (Å²) in [6.45, 7) is 1.99. The van der Waals surface area contributed by atoms with Gasteiger partial charge in [-0.1, -0.05) is 43.5 Å². The van der Waals surface area contributed by atoms with E-state index in [1.54, 1.807) is 4.90 Å². The molecule has 0 spiro atoms. The summed E-state index contributed by atoms with van der Waals surface area (Å²) in [4.78, 5) is 25.9. The summed E-state index contributed by atoms with van der Waals surface area (Å²) in [6, 6.07) is 8.09. The smallest absolute Gasteiger partial charge is 0.328 e. The van der Waals surface area contributed by atoms with Crippen molar-refractivity contribution in [3.05, 3.63) is 35.4 Å². The molecule has 3 rings (SSSR count). The van der Waals surface area contributed by atoms with Crippen LogP contribution in [0.4, 0.5) is 0 Å². The molecule has 0 radical (unpaired) electrons. The van der Waals surface area contributed by atoms with Crippen LogP contribution in [-0.4, -0.2) is 29.9 Å². The third-order valence-corrected chi connectivity index (χ3v) is 5.64. The second-order valence-corrected chi connectivity index (χ2v) is 7.06. The number of carbonyl (C=O) groups excluding carboxylic acids is 2. The first-order valence-corrected chi connectivity index (χ1v) is 9.10. The molecule has 1 aromatic carbocycles. The molecule has 0 aromatic heterocycles. The van der Waals surface area contributed by atoms with Gasteiger partial charge in [-0.05, 0) is 43.2 Å². The molecule has 4 heteroatoms. The number of nitrogens with zero attached hydrogens (tertiary/aromatic N) is 1. The largest absolute Gasteiger partial charge is 0.467 e. The predicted molar refractivity (Wildman–Crippen MR) is 92.6 cm³/mol. The highest BCUT2D eigenvalue weighted by Crippen LogP contribution is 2.35. The monoisotopic (exact) mass is 329 g/mol. The van der Waals surface area contributed by atoms with E-state index in [1.165, 1.54) is 44.8 Å². The number of benzene rings is 1. The maximum absolute atomic E-state index is 12.3. The third kappa shape index (κ3) is 3.33. The Hall–Kier alpha value is -1.84. The molecular formula is C20H27NO3. The molecule has 130 valence electrons. The van der Waals surface area contributed by atoms with E-state index >= 15 is 0 Å². The third-order valence-electron chi connectivity index (χ3n) is 5.64. The molecule has 1 saturated heterocycles. The van der Waals surface area contributed by atoms with Gasteiger partial charge in [-0.2, -0.15) is 0 Å². The van der Waals surface area contributed by atoms with Crippen LogP contribution in [0.1, 0.15) is 75.0 Å². The molecule has 4 nitrogen and oxygen atoms in total. The number of methoxy groups -OCH3 is 1. The topological polar surface area (TPSA) is 46.6 Å². The fourth-order valence-electron chi connectivity index (χ4n) is 4.20. The van der Waals surface area contributed by atoms with E-state index in [2.05, 4.69) is 24.3 Å². The Morgan fingerprint density at radius 3 is 2.42 bits per heavy atom. The Bertz CT molecular complexity index is 589. The van der Waals surface area contributed by atoms with E-state index in [-0.39, 0.29) is 17.9 Å². The predicted octanol–water partition coefficient (Wildman–Crippen LogP) is 3.96. The minimum atomic E-state index is -0.449. The average molecular weight is 329 g/mol. The van der Waals surface area contributed by atoms with Crippen LogP contribution in [0.5, 0.6) is 0 Å². The number of amides is 1. The first kappa shape index (κ1) is 17.0. The Morgan fingerprint density at radius 2 is 1.79 bits per heavy atom. The Morgan fingerprint density at radius 1 is 1.12 bits per heavy atom. The normalized spacial score (nSPS) is 23.3. The number of ether oxygens (including phenoxy) is 1. The van der Waals surface area contributed by atoms with Gasteiger partial charge >= 0.3 is 5.97 Å². The summed E-state index contributed by atoms with van der Waals surface area (Å²) in [5.41, 5.74) is 2.49. The summed E-state index contributed by atoms with van der Waals surface area (Å²) in [5.74, 6) is 0.403. The van der Waals surface area contributed by atoms with Crippen molar-refractivity contribution in [1.29, 1.82) is 0 Å². The zero-order chi connectivity index (χ0) is 17.1. The van der Waals surface area contributed by atoms with Crippen LogP contribution in [0.15, 0.2) is 24.3 Å². The second-order valence-electron chi connectivity index (χ2n) is 7.06. The highest BCUT2D eigenvalue weighted by Gasteiger charge is 2.39. The standard InChI is InChI=1S/C20H27NO3/c1-14(21-18(20(23)24-2)12-13-19(21)22)15-8-10-17(11-9-15)16-6-4-3-5-7-16/h8-11,14,16,18H,3-7,12-13H2,1-2H3. The van der Waals surface area contributed by atoms with Crippen molar-refractivity contribution in [2.75, 3.05) is 7.11 Å². The summed E-state index contributed by atoms with van der Waals surface area (Å²) in [5, 5.41) is 0. The lowest BCUT2D eigenvalue weighted by Crippen LogP contribution is -2.40. The van der Waals surface area contributed by atoms with E-state index in [1.807, 2.05) is 6.92 Å². The van der Waals surface area contributed by atoms with Crippen LogP contribution in [0.3, 0.4) is 0 Å².